The van der Waals surface area contributed by atoms with Gasteiger partial charge in [0.2, 0.25) is 5.78 Å². The predicted octanol–water partition coefficient (Wildman–Crippen LogP) is 3.44. The molecule has 24 heavy (non-hydrogen) atoms. The Morgan fingerprint density at radius 3 is 2.79 bits per heavy atom. The highest BCUT2D eigenvalue weighted by Gasteiger charge is 2.33. The van der Waals surface area contributed by atoms with Crippen molar-refractivity contribution in [3.05, 3.63) is 40.8 Å². The largest absolute Gasteiger partial charge is 0.481 e. The minimum absolute atomic E-state index is 0.0318. The van der Waals surface area contributed by atoms with Crippen molar-refractivity contribution < 1.29 is 14.7 Å². The molecular formula is C18H22N2O3S. The summed E-state index contributed by atoms with van der Waals surface area (Å²) in [4.78, 5) is 24.5. The summed E-state index contributed by atoms with van der Waals surface area (Å²) >= 11 is 1.74. The van der Waals surface area contributed by atoms with Crippen LogP contribution < -0.4 is 0 Å². The molecule has 1 atom stereocenters. The van der Waals surface area contributed by atoms with Crippen molar-refractivity contribution in [1.29, 1.82) is 0 Å². The van der Waals surface area contributed by atoms with Crippen molar-refractivity contribution in [2.75, 3.05) is 5.75 Å². The average molecular weight is 346 g/mol. The van der Waals surface area contributed by atoms with Crippen LogP contribution in [0.2, 0.25) is 0 Å². The van der Waals surface area contributed by atoms with E-state index in [0.29, 0.717) is 24.4 Å². The highest BCUT2D eigenvalue weighted by Crippen LogP contribution is 2.34. The van der Waals surface area contributed by atoms with Crippen LogP contribution in [0.15, 0.2) is 23.2 Å². The van der Waals surface area contributed by atoms with Gasteiger partial charge in [-0.05, 0) is 49.3 Å². The fraction of sp³-hybridized carbons (Fsp3) is 0.444. The Labute approximate surface area is 145 Å². The summed E-state index contributed by atoms with van der Waals surface area (Å²) in [5, 5.41) is 10.4. The molecule has 0 aliphatic carbocycles. The Morgan fingerprint density at radius 1 is 1.38 bits per heavy atom. The smallest absolute Gasteiger partial charge is 0.312 e. The van der Waals surface area contributed by atoms with Crippen molar-refractivity contribution in [2.24, 2.45) is 7.05 Å². The van der Waals surface area contributed by atoms with E-state index >= 15 is 0 Å². The van der Waals surface area contributed by atoms with Gasteiger partial charge in [0.05, 0.1) is 22.3 Å². The number of hydrogen-bond acceptors (Lipinski definition) is 3. The van der Waals surface area contributed by atoms with Gasteiger partial charge >= 0.3 is 5.97 Å². The quantitative estimate of drug-likeness (QED) is 0.643. The third-order valence-electron chi connectivity index (χ3n) is 4.59. The number of hydrogen-bond donors (Lipinski definition) is 1. The van der Waals surface area contributed by atoms with E-state index in [1.54, 1.807) is 11.8 Å². The predicted molar refractivity (Wildman–Crippen MR) is 94.0 cm³/mol. The molecule has 128 valence electrons. The van der Waals surface area contributed by atoms with Crippen LogP contribution >= 0.6 is 11.8 Å². The lowest BCUT2D eigenvalue weighted by molar-refractivity contribution is -0.138. The lowest BCUT2D eigenvalue weighted by Crippen LogP contribution is -2.14. The number of aliphatic carboxylic acids is 1. The summed E-state index contributed by atoms with van der Waals surface area (Å²) in [6.07, 6.45) is 1.64. The minimum atomic E-state index is -0.817. The van der Waals surface area contributed by atoms with Crippen LogP contribution in [0.3, 0.4) is 0 Å². The van der Waals surface area contributed by atoms with Gasteiger partial charge in [-0.25, -0.2) is 0 Å². The average Bonchev–Trinajstić information content (AvgIpc) is 3.17. The number of carboxylic acid groups (broad SMARTS) is 1. The molecule has 3 rings (SSSR count). The Balaban J connectivity index is 1.96. The molecular weight excluding hydrogens is 324 g/mol. The first kappa shape index (κ1) is 16.9. The zero-order valence-electron chi connectivity index (χ0n) is 14.2. The molecule has 1 N–H and O–H groups in total. The fourth-order valence-corrected chi connectivity index (χ4v) is 4.26. The molecule has 2 aromatic rings. The first-order valence-electron chi connectivity index (χ1n) is 8.21. The van der Waals surface area contributed by atoms with Gasteiger partial charge in [-0.2, -0.15) is 0 Å². The highest BCUT2D eigenvalue weighted by molar-refractivity contribution is 7.99. The molecule has 1 unspecified atom stereocenters. The Kier molecular flexibility index (Phi) is 4.58. The van der Waals surface area contributed by atoms with Crippen molar-refractivity contribution in [3.8, 4) is 0 Å². The molecule has 6 heteroatoms. The number of carboxylic acids is 1. The molecule has 0 amide bonds. The maximum Gasteiger partial charge on any atom is 0.312 e. The van der Waals surface area contributed by atoms with Gasteiger partial charge in [-0.1, -0.05) is 6.92 Å². The Bertz CT molecular complexity index is 804. The number of fused-ring (bicyclic) bond motifs is 1. The van der Waals surface area contributed by atoms with Crippen molar-refractivity contribution >= 4 is 23.5 Å². The number of carbonyl (C=O) groups is 2. The van der Waals surface area contributed by atoms with Crippen LogP contribution in [0.5, 0.6) is 0 Å². The lowest BCUT2D eigenvalue weighted by atomic mass is 10.0. The molecule has 5 nitrogen and oxygen atoms in total. The van der Waals surface area contributed by atoms with Gasteiger partial charge in [0.1, 0.15) is 0 Å². The summed E-state index contributed by atoms with van der Waals surface area (Å²) in [6.45, 7) is 4.60. The normalized spacial score (nSPS) is 16.4. The summed E-state index contributed by atoms with van der Waals surface area (Å²) in [7, 11) is 1.91. The van der Waals surface area contributed by atoms with E-state index in [9.17, 15) is 14.7 Å². The van der Waals surface area contributed by atoms with E-state index in [1.807, 2.05) is 41.3 Å². The van der Waals surface area contributed by atoms with E-state index in [2.05, 4.69) is 6.92 Å². The molecule has 0 fully saturated rings. The second-order valence-electron chi connectivity index (χ2n) is 6.23. The first-order chi connectivity index (χ1) is 11.5. The van der Waals surface area contributed by atoms with Crippen LogP contribution in [0.4, 0.5) is 0 Å². The fourth-order valence-electron chi connectivity index (χ4n) is 3.39. The number of thioether (sulfide) groups is 1. The van der Waals surface area contributed by atoms with E-state index in [1.165, 1.54) is 0 Å². The molecule has 1 aliphatic heterocycles. The van der Waals surface area contributed by atoms with Crippen LogP contribution in [0, 0.1) is 6.92 Å². The van der Waals surface area contributed by atoms with E-state index in [4.69, 9.17) is 0 Å². The Morgan fingerprint density at radius 2 is 2.12 bits per heavy atom. The molecule has 0 spiro atoms. The van der Waals surface area contributed by atoms with Crippen LogP contribution in [-0.2, 0) is 18.4 Å². The first-order valence-corrected chi connectivity index (χ1v) is 9.20. The van der Waals surface area contributed by atoms with Crippen LogP contribution in [0.1, 0.15) is 53.1 Å². The molecule has 0 saturated heterocycles. The highest BCUT2D eigenvalue weighted by atomic mass is 32.2. The standard InChI is InChI=1S/C18H22N2O3S/c1-4-9-24-15-6-5-13(19(15)3)17(21)16-11(2)10-14-12(18(22)23)7-8-20(14)16/h5-6,10,12H,4,7-9H2,1-3H3,(H,22,23). The third-order valence-corrected chi connectivity index (χ3v) is 5.91. The maximum absolute atomic E-state index is 13.1. The van der Waals surface area contributed by atoms with Crippen molar-refractivity contribution in [2.45, 2.75) is 44.2 Å². The van der Waals surface area contributed by atoms with Crippen LogP contribution in [-0.4, -0.2) is 31.7 Å². The summed E-state index contributed by atoms with van der Waals surface area (Å²) in [5.74, 6) is -0.335. The molecule has 1 aliphatic rings. The molecule has 0 aromatic carbocycles. The van der Waals surface area contributed by atoms with E-state index in [0.717, 1.165) is 28.5 Å². The monoisotopic (exact) mass is 346 g/mol. The SMILES string of the molecule is CCCSc1ccc(C(=O)c2c(C)cc3n2CCC3C(=O)O)n1C. The van der Waals surface area contributed by atoms with Gasteiger partial charge in [-0.3, -0.25) is 9.59 Å². The number of rotatable bonds is 6. The summed E-state index contributed by atoms with van der Waals surface area (Å²) in [5.41, 5.74) is 2.88. The molecule has 0 bridgehead atoms. The number of aromatic nitrogens is 2. The van der Waals surface area contributed by atoms with Crippen LogP contribution in [0.25, 0.3) is 0 Å². The second-order valence-corrected chi connectivity index (χ2v) is 7.34. The number of carbonyl (C=O) groups excluding carboxylic acids is 1. The third kappa shape index (κ3) is 2.69. The second kappa shape index (κ2) is 6.51. The minimum Gasteiger partial charge on any atom is -0.481 e. The Hall–Kier alpha value is -1.95. The van der Waals surface area contributed by atoms with Gasteiger partial charge < -0.3 is 14.2 Å². The number of aryl methyl sites for hydroxylation is 1. The van der Waals surface area contributed by atoms with Gasteiger partial charge in [0.25, 0.3) is 0 Å². The zero-order valence-corrected chi connectivity index (χ0v) is 15.0. The molecule has 2 aromatic heterocycles. The zero-order chi connectivity index (χ0) is 17.4. The van der Waals surface area contributed by atoms with Gasteiger partial charge in [-0.15, -0.1) is 11.8 Å². The lowest BCUT2D eigenvalue weighted by Gasteiger charge is -2.09. The topological polar surface area (TPSA) is 64.2 Å². The van der Waals surface area contributed by atoms with Gasteiger partial charge in [0.15, 0.2) is 0 Å². The van der Waals surface area contributed by atoms with E-state index in [-0.39, 0.29) is 5.78 Å². The van der Waals surface area contributed by atoms with Crippen molar-refractivity contribution in [3.63, 3.8) is 0 Å². The maximum atomic E-state index is 13.1. The number of nitrogens with zero attached hydrogens (tertiary/aromatic N) is 2. The van der Waals surface area contributed by atoms with Crippen molar-refractivity contribution in [1.82, 2.24) is 9.13 Å². The summed E-state index contributed by atoms with van der Waals surface area (Å²) < 4.78 is 3.83. The molecule has 0 radical (unpaired) electrons. The molecule has 0 saturated carbocycles. The van der Waals surface area contributed by atoms with Gasteiger partial charge in [0, 0.05) is 19.3 Å². The van der Waals surface area contributed by atoms with E-state index < -0.39 is 11.9 Å². The molecule has 3 heterocycles. The summed E-state index contributed by atoms with van der Waals surface area (Å²) in [6, 6.07) is 5.70. The number of ketones is 1.